The molecular formula is C89H160N4O37. The third-order valence-corrected chi connectivity index (χ3v) is 25.3. The first-order chi connectivity index (χ1) is 62.0. The van der Waals surface area contributed by atoms with Crippen LogP contribution in [0.4, 0.5) is 0 Å². The summed E-state index contributed by atoms with van der Waals surface area (Å²) in [6.45, 7) is 0.0474. The van der Waals surface area contributed by atoms with Gasteiger partial charge in [-0.2, -0.15) is 0 Å². The van der Waals surface area contributed by atoms with E-state index >= 15 is 0 Å². The predicted molar refractivity (Wildman–Crippen MR) is 461 cm³/mol. The van der Waals surface area contributed by atoms with E-state index in [0.29, 0.717) is 12.8 Å². The maximum absolute atomic E-state index is 13.9. The molecule has 30 atom stereocenters. The van der Waals surface area contributed by atoms with Crippen LogP contribution in [0.2, 0.25) is 0 Å². The fraction of sp³-hybridized carbons (Fsp3) is 0.921. The number of aliphatic hydroxyl groups excluding tert-OH is 17. The molecule has 758 valence electrons. The van der Waals surface area contributed by atoms with Crippen molar-refractivity contribution in [1.82, 2.24) is 21.3 Å². The van der Waals surface area contributed by atoms with E-state index in [9.17, 15) is 136 Å². The lowest BCUT2D eigenvalue weighted by atomic mass is 9.86. The summed E-state index contributed by atoms with van der Waals surface area (Å²) in [5, 5.41) is 236. The number of nitrogens with one attached hydrogen (secondary N) is 4. The number of aliphatic hydroxyl groups is 17. The zero-order valence-electron chi connectivity index (χ0n) is 76.7. The molecular weight excluding hydrogens is 1720 g/mol. The molecule has 0 spiro atoms. The molecule has 41 nitrogen and oxygen atoms in total. The Morgan fingerprint density at radius 3 is 1.07 bits per heavy atom. The Morgan fingerprint density at radius 1 is 0.385 bits per heavy atom. The van der Waals surface area contributed by atoms with E-state index in [4.69, 9.17) is 47.4 Å². The Hall–Kier alpha value is -4.79. The van der Waals surface area contributed by atoms with Crippen molar-refractivity contribution >= 4 is 41.5 Å². The van der Waals surface area contributed by atoms with Crippen molar-refractivity contribution in [2.24, 2.45) is 0 Å². The Kier molecular flexibility index (Phi) is 54.1. The van der Waals surface area contributed by atoms with Crippen LogP contribution in [-0.2, 0) is 80.9 Å². The summed E-state index contributed by atoms with van der Waals surface area (Å²) in [7, 11) is 0. The normalized spacial score (nSPS) is 31.4. The van der Waals surface area contributed by atoms with Gasteiger partial charge in [0.2, 0.25) is 23.6 Å². The van der Waals surface area contributed by atoms with Crippen LogP contribution < -0.4 is 21.3 Å². The van der Waals surface area contributed by atoms with Gasteiger partial charge in [0.1, 0.15) is 104 Å². The maximum Gasteiger partial charge on any atom is 0.364 e. The largest absolute Gasteiger partial charge is 0.477 e. The van der Waals surface area contributed by atoms with Gasteiger partial charge in [0.05, 0.1) is 88.2 Å². The summed E-state index contributed by atoms with van der Waals surface area (Å²) in [5.74, 6) is -20.5. The van der Waals surface area contributed by atoms with Crippen molar-refractivity contribution in [2.75, 3.05) is 39.6 Å². The van der Waals surface area contributed by atoms with Gasteiger partial charge in [0.15, 0.2) is 12.6 Å². The van der Waals surface area contributed by atoms with Gasteiger partial charge < -0.3 is 171 Å². The van der Waals surface area contributed by atoms with Crippen LogP contribution in [0.5, 0.6) is 0 Å². The molecule has 0 aromatic heterocycles. The zero-order chi connectivity index (χ0) is 96.3. The van der Waals surface area contributed by atoms with Crippen molar-refractivity contribution < 1.29 is 183 Å². The number of unbranched alkanes of at least 4 members (excludes halogenated alkanes) is 34. The number of rotatable bonds is 68. The molecule has 0 aliphatic carbocycles. The van der Waals surface area contributed by atoms with Gasteiger partial charge in [-0.15, -0.1) is 0 Å². The lowest BCUT2D eigenvalue weighted by Crippen LogP contribution is -2.72. The Morgan fingerprint density at radius 2 is 0.723 bits per heavy atom. The first kappa shape index (κ1) is 116. The highest BCUT2D eigenvalue weighted by atomic mass is 16.8. The summed E-state index contributed by atoms with van der Waals surface area (Å²) in [6.07, 6.45) is -13.0. The van der Waals surface area contributed by atoms with Crippen LogP contribution in [0, 0.1) is 0 Å². The number of amides is 4. The first-order valence-electron chi connectivity index (χ1n) is 47.7. The van der Waals surface area contributed by atoms with Crippen LogP contribution in [0.25, 0.3) is 0 Å². The number of carboxylic acids is 3. The van der Waals surface area contributed by atoms with E-state index in [0.717, 1.165) is 85.0 Å². The molecule has 24 N–H and O–H groups in total. The number of carboxylic acid groups (broad SMARTS) is 3. The number of ether oxygens (including phenoxy) is 10. The van der Waals surface area contributed by atoms with E-state index in [1.165, 1.54) is 154 Å². The number of carbonyl (C=O) groups excluding carboxylic acids is 4. The smallest absolute Gasteiger partial charge is 0.364 e. The van der Waals surface area contributed by atoms with Crippen molar-refractivity contribution in [2.45, 2.75) is 480 Å². The average molecular weight is 1880 g/mol. The van der Waals surface area contributed by atoms with E-state index in [-0.39, 0.29) is 18.7 Å². The number of aliphatic carboxylic acids is 3. The fourth-order valence-corrected chi connectivity index (χ4v) is 17.8. The van der Waals surface area contributed by atoms with Crippen molar-refractivity contribution in [3.8, 4) is 0 Å². The third kappa shape index (κ3) is 36.3. The molecule has 30 unspecified atom stereocenters. The van der Waals surface area contributed by atoms with Crippen LogP contribution in [-0.4, -0.2) is 366 Å². The SMILES string of the molecule is CCCCCCCCCCCCCCCCCCCCCCCCCC(=O)NC(COC1OC(CO)C(OC2OC(CO)C(O)C(OC3(C(=O)O)CC(O)C(NC(C)=O)C(C(O)C(CO)OC4(C(=O)O)CC(O)C(NC(C)=O)C(C(O)C(CO)OC5(C(=O)O)CC(O)C(NC(C)=O)C(C(O)C(O)CO)O5)O4)O3)C2O)C(O)C1O)C(O)CCCCCCCCCCCCCCC. The van der Waals surface area contributed by atoms with Gasteiger partial charge in [-0.25, -0.2) is 14.4 Å². The molecule has 5 aliphatic rings. The van der Waals surface area contributed by atoms with Gasteiger partial charge in [-0.3, -0.25) is 19.2 Å². The quantitative estimate of drug-likeness (QED) is 0.0375. The Balaban J connectivity index is 1.29. The highest BCUT2D eigenvalue weighted by Crippen LogP contribution is 2.43. The van der Waals surface area contributed by atoms with E-state index < -0.39 is 277 Å². The Labute approximate surface area is 762 Å². The molecule has 0 aromatic rings. The summed E-state index contributed by atoms with van der Waals surface area (Å²) < 4.78 is 58.4. The predicted octanol–water partition coefficient (Wildman–Crippen LogP) is 0.858. The summed E-state index contributed by atoms with van der Waals surface area (Å²) in [5.41, 5.74) is 0. The van der Waals surface area contributed by atoms with Crippen molar-refractivity contribution in [3.63, 3.8) is 0 Å². The molecule has 5 saturated heterocycles. The van der Waals surface area contributed by atoms with Crippen molar-refractivity contribution in [1.29, 1.82) is 0 Å². The molecule has 5 heterocycles. The number of hydrogen-bond donors (Lipinski definition) is 24. The highest BCUT2D eigenvalue weighted by molar-refractivity contribution is 5.79. The number of hydrogen-bond acceptors (Lipinski definition) is 34. The van der Waals surface area contributed by atoms with Crippen LogP contribution in [0.3, 0.4) is 0 Å². The lowest BCUT2D eigenvalue weighted by Gasteiger charge is -2.51. The summed E-state index contributed by atoms with van der Waals surface area (Å²) >= 11 is 0. The molecule has 41 heteroatoms. The van der Waals surface area contributed by atoms with Gasteiger partial charge in [0.25, 0.3) is 17.4 Å². The van der Waals surface area contributed by atoms with Crippen LogP contribution in [0.1, 0.15) is 298 Å². The summed E-state index contributed by atoms with van der Waals surface area (Å²) in [4.78, 5) is 92.4. The zero-order valence-corrected chi connectivity index (χ0v) is 76.7. The standard InChI is InChI=1S/C89H160N4O37/c1-6-8-10-12-14-16-18-20-21-22-23-24-25-26-27-28-29-31-33-35-37-39-41-43-66(107)93-56(57(102)42-40-38-36-34-32-30-19-17-15-13-11-9-7-2)52-121-82-75(113)74(112)77(65(51-98)123-82)124-83-76(114)81(71(109)62(48-95)122-83)130-89(86(119)120)46-60(105)69(92-55(5)101)80(129-89)73(111)64(50-97)126-88(85(117)118)45-59(104)68(91-54(4)100)79(128-88)72(110)63(49-96)125-87(84(115)116)44-58(103)67(90-53(3)99)78(127-87)70(108)61(106)47-94/h56-65,67-83,94-98,102-106,108-114H,6-52H2,1-5H3,(H,90,99)(H,91,100)(H,92,101)(H,93,107)(H,115,116)(H,117,118)(H,119,120). The highest BCUT2D eigenvalue weighted by Gasteiger charge is 2.64. The Bertz CT molecular complexity index is 3200. The second kappa shape index (κ2) is 60.7. The van der Waals surface area contributed by atoms with Crippen molar-refractivity contribution in [3.05, 3.63) is 0 Å². The molecule has 0 saturated carbocycles. The molecule has 0 radical (unpaired) electrons. The minimum absolute atomic E-state index is 0.148. The van der Waals surface area contributed by atoms with E-state index in [2.05, 4.69) is 35.1 Å². The molecule has 5 aliphatic heterocycles. The monoisotopic (exact) mass is 1880 g/mol. The second-order valence-electron chi connectivity index (χ2n) is 36.0. The average Bonchev–Trinajstić information content (AvgIpc) is 0.748. The van der Waals surface area contributed by atoms with E-state index in [1.54, 1.807) is 0 Å². The lowest BCUT2D eigenvalue weighted by molar-refractivity contribution is -0.388. The molecule has 5 fully saturated rings. The van der Waals surface area contributed by atoms with Gasteiger partial charge in [-0.05, 0) is 12.8 Å². The van der Waals surface area contributed by atoms with E-state index in [1.807, 2.05) is 0 Å². The molecule has 4 amide bonds. The minimum Gasteiger partial charge on any atom is -0.477 e. The molecule has 0 bridgehead atoms. The van der Waals surface area contributed by atoms with Gasteiger partial charge in [0, 0.05) is 46.5 Å². The fourth-order valence-electron chi connectivity index (χ4n) is 17.8. The topological polar surface area (TPSA) is 665 Å². The minimum atomic E-state index is -3.57. The third-order valence-electron chi connectivity index (χ3n) is 25.3. The van der Waals surface area contributed by atoms with Crippen LogP contribution >= 0.6 is 0 Å². The second-order valence-corrected chi connectivity index (χ2v) is 36.0. The molecule has 130 heavy (non-hydrogen) atoms. The van der Waals surface area contributed by atoms with Gasteiger partial charge >= 0.3 is 17.9 Å². The first-order valence-corrected chi connectivity index (χ1v) is 47.7. The molecule has 5 rings (SSSR count). The van der Waals surface area contributed by atoms with Crippen LogP contribution in [0.15, 0.2) is 0 Å². The van der Waals surface area contributed by atoms with Gasteiger partial charge in [-0.1, -0.05) is 239 Å². The summed E-state index contributed by atoms with van der Waals surface area (Å²) in [6, 6.07) is -6.94. The maximum atomic E-state index is 13.9. The number of carbonyl (C=O) groups is 7. The molecule has 0 aromatic carbocycles.